The van der Waals surface area contributed by atoms with Crippen LogP contribution in [0.5, 0.6) is 0 Å². The lowest BCUT2D eigenvalue weighted by Gasteiger charge is -2.04. The number of carbonyl (C=O) groups excluding carboxylic acids is 1. The number of rotatable bonds is 3. The number of thiazole rings is 2. The molecule has 4 rings (SSSR count). The van der Waals surface area contributed by atoms with Gasteiger partial charge in [-0.05, 0) is 43.2 Å². The van der Waals surface area contributed by atoms with Crippen LogP contribution in [0.15, 0.2) is 54.0 Å². The topological polar surface area (TPSA) is 47.2 Å². The van der Waals surface area contributed by atoms with Gasteiger partial charge >= 0.3 is 5.91 Å². The van der Waals surface area contributed by atoms with E-state index in [1.807, 2.05) is 34.9 Å². The van der Waals surface area contributed by atoms with E-state index in [-0.39, 0.29) is 5.91 Å². The first-order valence-corrected chi connectivity index (χ1v) is 9.86. The van der Waals surface area contributed by atoms with Gasteiger partial charge in [-0.3, -0.25) is 4.79 Å². The van der Waals surface area contributed by atoms with Crippen molar-refractivity contribution in [2.45, 2.75) is 20.4 Å². The molecule has 0 aliphatic rings. The predicted molar refractivity (Wildman–Crippen MR) is 109 cm³/mol. The summed E-state index contributed by atoms with van der Waals surface area (Å²) in [6.07, 6.45) is 1.83. The highest BCUT2D eigenvalue weighted by Gasteiger charge is 2.14. The molecule has 0 bridgehead atoms. The van der Waals surface area contributed by atoms with Crippen LogP contribution in [0.25, 0.3) is 20.4 Å². The maximum atomic E-state index is 12.7. The number of benzene rings is 2. The van der Waals surface area contributed by atoms with Crippen molar-refractivity contribution in [1.82, 2.24) is 9.55 Å². The molecule has 2 aromatic carbocycles. The van der Waals surface area contributed by atoms with E-state index in [0.29, 0.717) is 16.4 Å². The molecular weight excluding hydrogens is 362 g/mol. The molecular formula is C20H17N3OS2. The maximum absolute atomic E-state index is 12.7. The van der Waals surface area contributed by atoms with E-state index in [1.165, 1.54) is 33.8 Å². The molecule has 0 spiro atoms. The highest BCUT2D eigenvalue weighted by molar-refractivity contribution is 7.20. The number of hydrogen-bond acceptors (Lipinski definition) is 4. The average molecular weight is 380 g/mol. The van der Waals surface area contributed by atoms with Crippen molar-refractivity contribution in [2.75, 3.05) is 0 Å². The molecule has 2 heterocycles. The fourth-order valence-electron chi connectivity index (χ4n) is 3.07. The Morgan fingerprint density at radius 1 is 1.23 bits per heavy atom. The van der Waals surface area contributed by atoms with Crippen molar-refractivity contribution >= 4 is 49.0 Å². The third kappa shape index (κ3) is 2.91. The molecule has 0 radical (unpaired) electrons. The lowest BCUT2D eigenvalue weighted by Crippen LogP contribution is -2.16. The maximum Gasteiger partial charge on any atom is 0.308 e. The standard InChI is InChI=1S/C20H17N3OS2/c1-4-9-23-17-13(3)10-12(2)11-16(17)26-20(23)22-18(24)19-21-14-7-5-6-8-15(14)25-19/h4-8,10-11H,1,9H2,2-3H3. The van der Waals surface area contributed by atoms with Crippen LogP contribution in [0.3, 0.4) is 0 Å². The number of nitrogens with zero attached hydrogens (tertiary/aromatic N) is 3. The second kappa shape index (κ2) is 6.63. The van der Waals surface area contributed by atoms with E-state index in [2.05, 4.69) is 42.5 Å². The number of fused-ring (bicyclic) bond motifs is 2. The van der Waals surface area contributed by atoms with Gasteiger partial charge in [0, 0.05) is 6.54 Å². The van der Waals surface area contributed by atoms with E-state index in [4.69, 9.17) is 0 Å². The van der Waals surface area contributed by atoms with Gasteiger partial charge in [-0.1, -0.05) is 35.6 Å². The Hall–Kier alpha value is -2.57. The zero-order chi connectivity index (χ0) is 18.3. The third-order valence-corrected chi connectivity index (χ3v) is 6.15. The van der Waals surface area contributed by atoms with Crippen LogP contribution in [-0.4, -0.2) is 15.5 Å². The van der Waals surface area contributed by atoms with Gasteiger partial charge in [0.25, 0.3) is 0 Å². The minimum atomic E-state index is -0.301. The molecule has 0 saturated carbocycles. The van der Waals surface area contributed by atoms with E-state index >= 15 is 0 Å². The summed E-state index contributed by atoms with van der Waals surface area (Å²) in [6, 6.07) is 12.0. The highest BCUT2D eigenvalue weighted by Crippen LogP contribution is 2.24. The normalized spacial score (nSPS) is 12.2. The average Bonchev–Trinajstić information content (AvgIpc) is 3.17. The van der Waals surface area contributed by atoms with Gasteiger partial charge in [0.1, 0.15) is 0 Å². The summed E-state index contributed by atoms with van der Waals surface area (Å²) < 4.78 is 4.17. The van der Waals surface area contributed by atoms with Gasteiger partial charge in [-0.15, -0.1) is 17.9 Å². The van der Waals surface area contributed by atoms with Crippen LogP contribution in [-0.2, 0) is 6.54 Å². The molecule has 0 N–H and O–H groups in total. The number of amides is 1. The summed E-state index contributed by atoms with van der Waals surface area (Å²) in [5.74, 6) is -0.301. The first-order chi connectivity index (χ1) is 12.6. The highest BCUT2D eigenvalue weighted by atomic mass is 32.1. The van der Waals surface area contributed by atoms with Crippen LogP contribution in [0.4, 0.5) is 0 Å². The third-order valence-electron chi connectivity index (χ3n) is 4.10. The fraction of sp³-hybridized carbons (Fsp3) is 0.150. The van der Waals surface area contributed by atoms with Crippen LogP contribution in [0.2, 0.25) is 0 Å². The van der Waals surface area contributed by atoms with Crippen molar-refractivity contribution in [3.63, 3.8) is 0 Å². The fourth-order valence-corrected chi connectivity index (χ4v) is 5.14. The van der Waals surface area contributed by atoms with Crippen molar-refractivity contribution in [1.29, 1.82) is 0 Å². The zero-order valence-corrected chi connectivity index (χ0v) is 16.2. The zero-order valence-electron chi connectivity index (χ0n) is 14.5. The number of aromatic nitrogens is 2. The van der Waals surface area contributed by atoms with Gasteiger partial charge in [0.15, 0.2) is 9.81 Å². The van der Waals surface area contributed by atoms with E-state index in [9.17, 15) is 4.79 Å². The second-order valence-electron chi connectivity index (χ2n) is 6.12. The van der Waals surface area contributed by atoms with Gasteiger partial charge in [0.05, 0.1) is 20.4 Å². The summed E-state index contributed by atoms with van der Waals surface area (Å²) in [4.78, 5) is 22.2. The van der Waals surface area contributed by atoms with Crippen LogP contribution in [0.1, 0.15) is 20.9 Å². The number of para-hydroxylation sites is 1. The second-order valence-corrected chi connectivity index (χ2v) is 8.16. The molecule has 0 unspecified atom stereocenters. The van der Waals surface area contributed by atoms with E-state index in [0.717, 1.165) is 20.4 Å². The minimum absolute atomic E-state index is 0.301. The Bertz CT molecular complexity index is 1190. The molecule has 0 atom stereocenters. The molecule has 26 heavy (non-hydrogen) atoms. The molecule has 2 aromatic heterocycles. The van der Waals surface area contributed by atoms with Crippen molar-refractivity contribution in [3.05, 3.63) is 70.0 Å². The number of carbonyl (C=O) groups is 1. The summed E-state index contributed by atoms with van der Waals surface area (Å²) in [6.45, 7) is 8.61. The number of allylic oxidation sites excluding steroid dienone is 1. The minimum Gasteiger partial charge on any atom is -0.312 e. The molecule has 1 amide bonds. The SMILES string of the molecule is C=CCn1c(=NC(=O)c2nc3ccccc3s2)sc2cc(C)cc(C)c21. The van der Waals surface area contributed by atoms with Gasteiger partial charge in [-0.2, -0.15) is 4.99 Å². The lowest BCUT2D eigenvalue weighted by molar-refractivity contribution is 0.0997. The van der Waals surface area contributed by atoms with E-state index < -0.39 is 0 Å². The van der Waals surface area contributed by atoms with E-state index in [1.54, 1.807) is 0 Å². The molecule has 0 aliphatic heterocycles. The Morgan fingerprint density at radius 3 is 2.81 bits per heavy atom. The van der Waals surface area contributed by atoms with Crippen LogP contribution < -0.4 is 4.80 Å². The Morgan fingerprint density at radius 2 is 2.04 bits per heavy atom. The van der Waals surface area contributed by atoms with Gasteiger partial charge < -0.3 is 4.57 Å². The van der Waals surface area contributed by atoms with Crippen LogP contribution >= 0.6 is 22.7 Å². The molecule has 0 fully saturated rings. The first-order valence-electron chi connectivity index (χ1n) is 8.23. The lowest BCUT2D eigenvalue weighted by atomic mass is 10.1. The van der Waals surface area contributed by atoms with Crippen LogP contribution in [0, 0.1) is 13.8 Å². The molecule has 4 nitrogen and oxygen atoms in total. The van der Waals surface area contributed by atoms with Crippen molar-refractivity contribution in [3.8, 4) is 0 Å². The Labute approximate surface area is 158 Å². The van der Waals surface area contributed by atoms with Crippen molar-refractivity contribution in [2.24, 2.45) is 4.99 Å². The molecule has 0 aliphatic carbocycles. The summed E-state index contributed by atoms with van der Waals surface area (Å²) in [7, 11) is 0. The summed E-state index contributed by atoms with van der Waals surface area (Å²) >= 11 is 2.90. The summed E-state index contributed by atoms with van der Waals surface area (Å²) in [5, 5.41) is 0.418. The predicted octanol–water partition coefficient (Wildman–Crippen LogP) is 4.86. The largest absolute Gasteiger partial charge is 0.312 e. The Balaban J connectivity index is 1.89. The first kappa shape index (κ1) is 16.9. The smallest absolute Gasteiger partial charge is 0.308 e. The number of aryl methyl sites for hydroxylation is 2. The molecule has 6 heteroatoms. The Kier molecular flexibility index (Phi) is 4.30. The molecule has 130 valence electrons. The van der Waals surface area contributed by atoms with Crippen molar-refractivity contribution < 1.29 is 4.79 Å². The molecule has 0 saturated heterocycles. The van der Waals surface area contributed by atoms with Gasteiger partial charge in [0.2, 0.25) is 0 Å². The summed E-state index contributed by atoms with van der Waals surface area (Å²) in [5.41, 5.74) is 4.31. The molecule has 4 aromatic rings. The quantitative estimate of drug-likeness (QED) is 0.477. The monoisotopic (exact) mass is 379 g/mol. The number of hydrogen-bond donors (Lipinski definition) is 0. The van der Waals surface area contributed by atoms with Gasteiger partial charge in [-0.25, -0.2) is 4.98 Å².